The van der Waals surface area contributed by atoms with Crippen molar-refractivity contribution >= 4 is 0 Å². The molecule has 1 heterocycles. The van der Waals surface area contributed by atoms with Crippen LogP contribution in [0.3, 0.4) is 0 Å². The van der Waals surface area contributed by atoms with E-state index >= 15 is 0 Å². The second-order valence-electron chi connectivity index (χ2n) is 3.83. The molecular formula is C12H23N3O. The van der Waals surface area contributed by atoms with Gasteiger partial charge in [0.1, 0.15) is 5.82 Å². The number of rotatable bonds is 9. The number of hydrogen-bond acceptors (Lipinski definition) is 3. The van der Waals surface area contributed by atoms with Gasteiger partial charge in [0.15, 0.2) is 0 Å². The van der Waals surface area contributed by atoms with Crippen LogP contribution in [0.15, 0.2) is 12.4 Å². The zero-order valence-corrected chi connectivity index (χ0v) is 10.4. The van der Waals surface area contributed by atoms with Crippen LogP contribution < -0.4 is 5.32 Å². The highest BCUT2D eigenvalue weighted by Crippen LogP contribution is 1.97. The zero-order chi connectivity index (χ0) is 11.6. The van der Waals surface area contributed by atoms with E-state index in [9.17, 15) is 0 Å². The number of hydrogen-bond donors (Lipinski definition) is 1. The lowest BCUT2D eigenvalue weighted by atomic mass is 10.4. The van der Waals surface area contributed by atoms with Crippen molar-refractivity contribution in [3.63, 3.8) is 0 Å². The first-order chi connectivity index (χ1) is 7.88. The molecule has 0 aliphatic carbocycles. The fraction of sp³-hybridized carbons (Fsp3) is 0.750. The van der Waals surface area contributed by atoms with Crippen LogP contribution in [0.1, 0.15) is 32.5 Å². The lowest BCUT2D eigenvalue weighted by molar-refractivity contribution is 0.126. The van der Waals surface area contributed by atoms with Gasteiger partial charge in [-0.3, -0.25) is 0 Å². The molecule has 0 saturated heterocycles. The minimum atomic E-state index is 0.769. The Morgan fingerprint density at radius 1 is 1.31 bits per heavy atom. The summed E-state index contributed by atoms with van der Waals surface area (Å²) in [5.74, 6) is 1.09. The highest BCUT2D eigenvalue weighted by Gasteiger charge is 2.01. The van der Waals surface area contributed by atoms with Gasteiger partial charge in [0.25, 0.3) is 0 Å². The van der Waals surface area contributed by atoms with Gasteiger partial charge in [-0.2, -0.15) is 0 Å². The van der Waals surface area contributed by atoms with E-state index in [1.54, 1.807) is 0 Å². The molecule has 4 heteroatoms. The van der Waals surface area contributed by atoms with Crippen molar-refractivity contribution in [2.45, 2.75) is 39.8 Å². The van der Waals surface area contributed by atoms with Crippen LogP contribution in [-0.2, 0) is 17.8 Å². The summed E-state index contributed by atoms with van der Waals surface area (Å²) >= 11 is 0. The molecule has 1 aromatic heterocycles. The Kier molecular flexibility index (Phi) is 6.85. The molecule has 0 unspecified atom stereocenters. The Hall–Kier alpha value is -0.870. The standard InChI is InChI=1S/C12H23N3O/c1-3-5-13-11-12-14-6-7-15(12)8-10-16-9-4-2/h6-7,13H,3-5,8-11H2,1-2H3. The summed E-state index contributed by atoms with van der Waals surface area (Å²) in [4.78, 5) is 4.33. The quantitative estimate of drug-likeness (QED) is 0.651. The van der Waals surface area contributed by atoms with Crippen molar-refractivity contribution in [2.24, 2.45) is 0 Å². The monoisotopic (exact) mass is 225 g/mol. The van der Waals surface area contributed by atoms with Gasteiger partial charge in [-0.25, -0.2) is 4.98 Å². The molecule has 1 N–H and O–H groups in total. The summed E-state index contributed by atoms with van der Waals surface area (Å²) in [7, 11) is 0. The maximum absolute atomic E-state index is 5.47. The molecule has 0 aliphatic heterocycles. The maximum Gasteiger partial charge on any atom is 0.122 e. The third-order valence-electron chi connectivity index (χ3n) is 2.34. The van der Waals surface area contributed by atoms with Crippen molar-refractivity contribution in [3.05, 3.63) is 18.2 Å². The Morgan fingerprint density at radius 3 is 2.94 bits per heavy atom. The number of ether oxygens (including phenoxy) is 1. The molecule has 0 fully saturated rings. The number of aromatic nitrogens is 2. The highest BCUT2D eigenvalue weighted by molar-refractivity contribution is 4.91. The third-order valence-corrected chi connectivity index (χ3v) is 2.34. The Morgan fingerprint density at radius 2 is 2.19 bits per heavy atom. The van der Waals surface area contributed by atoms with Crippen LogP contribution in [-0.4, -0.2) is 29.3 Å². The number of imidazole rings is 1. The van der Waals surface area contributed by atoms with E-state index in [1.165, 1.54) is 0 Å². The van der Waals surface area contributed by atoms with Crippen LogP contribution in [0.25, 0.3) is 0 Å². The molecule has 0 spiro atoms. The average Bonchev–Trinajstić information content (AvgIpc) is 2.73. The molecular weight excluding hydrogens is 202 g/mol. The SMILES string of the molecule is CCCNCc1nccn1CCOCCC. The maximum atomic E-state index is 5.47. The lowest BCUT2D eigenvalue weighted by Crippen LogP contribution is -2.18. The first kappa shape index (κ1) is 13.2. The molecule has 0 bridgehead atoms. The van der Waals surface area contributed by atoms with Crippen molar-refractivity contribution < 1.29 is 4.74 Å². The van der Waals surface area contributed by atoms with Crippen molar-refractivity contribution in [3.8, 4) is 0 Å². The van der Waals surface area contributed by atoms with Gasteiger partial charge in [0.2, 0.25) is 0 Å². The van der Waals surface area contributed by atoms with Gasteiger partial charge in [0, 0.05) is 25.5 Å². The molecule has 0 aliphatic rings. The molecule has 92 valence electrons. The number of nitrogens with zero attached hydrogens (tertiary/aromatic N) is 2. The van der Waals surface area contributed by atoms with E-state index < -0.39 is 0 Å². The van der Waals surface area contributed by atoms with Gasteiger partial charge in [-0.05, 0) is 19.4 Å². The van der Waals surface area contributed by atoms with Crippen molar-refractivity contribution in [2.75, 3.05) is 19.8 Å². The van der Waals surface area contributed by atoms with Crippen LogP contribution in [0, 0.1) is 0 Å². The van der Waals surface area contributed by atoms with Crippen LogP contribution in [0.2, 0.25) is 0 Å². The van der Waals surface area contributed by atoms with E-state index in [0.29, 0.717) is 0 Å². The molecule has 1 rings (SSSR count). The molecule has 0 radical (unpaired) electrons. The third kappa shape index (κ3) is 4.77. The summed E-state index contributed by atoms with van der Waals surface area (Å²) < 4.78 is 7.62. The predicted molar refractivity (Wildman–Crippen MR) is 65.3 cm³/mol. The topological polar surface area (TPSA) is 39.1 Å². The summed E-state index contributed by atoms with van der Waals surface area (Å²) in [6, 6.07) is 0. The molecule has 0 amide bonds. The molecule has 1 aromatic rings. The molecule has 4 nitrogen and oxygen atoms in total. The smallest absolute Gasteiger partial charge is 0.122 e. The Bertz CT molecular complexity index is 273. The highest BCUT2D eigenvalue weighted by atomic mass is 16.5. The second kappa shape index (κ2) is 8.30. The van der Waals surface area contributed by atoms with Crippen molar-refractivity contribution in [1.82, 2.24) is 14.9 Å². The summed E-state index contributed by atoms with van der Waals surface area (Å²) in [5, 5.41) is 3.36. The lowest BCUT2D eigenvalue weighted by Gasteiger charge is -2.08. The fourth-order valence-corrected chi connectivity index (χ4v) is 1.50. The zero-order valence-electron chi connectivity index (χ0n) is 10.4. The van der Waals surface area contributed by atoms with E-state index in [0.717, 1.165) is 51.5 Å². The first-order valence-corrected chi connectivity index (χ1v) is 6.17. The van der Waals surface area contributed by atoms with E-state index in [1.807, 2.05) is 12.4 Å². The van der Waals surface area contributed by atoms with Gasteiger partial charge < -0.3 is 14.6 Å². The van der Waals surface area contributed by atoms with E-state index in [-0.39, 0.29) is 0 Å². The normalized spacial score (nSPS) is 10.9. The van der Waals surface area contributed by atoms with Gasteiger partial charge in [0.05, 0.1) is 13.2 Å². The fourth-order valence-electron chi connectivity index (χ4n) is 1.50. The molecule has 16 heavy (non-hydrogen) atoms. The first-order valence-electron chi connectivity index (χ1n) is 6.17. The minimum absolute atomic E-state index is 0.769. The largest absolute Gasteiger partial charge is 0.380 e. The van der Waals surface area contributed by atoms with Crippen molar-refractivity contribution in [1.29, 1.82) is 0 Å². The summed E-state index contributed by atoms with van der Waals surface area (Å²) in [5.41, 5.74) is 0. The predicted octanol–water partition coefficient (Wildman–Crippen LogP) is 1.81. The van der Waals surface area contributed by atoms with Crippen LogP contribution in [0.5, 0.6) is 0 Å². The minimum Gasteiger partial charge on any atom is -0.380 e. The van der Waals surface area contributed by atoms with Gasteiger partial charge in [-0.15, -0.1) is 0 Å². The average molecular weight is 225 g/mol. The van der Waals surface area contributed by atoms with Crippen LogP contribution >= 0.6 is 0 Å². The van der Waals surface area contributed by atoms with Gasteiger partial charge >= 0.3 is 0 Å². The van der Waals surface area contributed by atoms with Gasteiger partial charge in [-0.1, -0.05) is 13.8 Å². The van der Waals surface area contributed by atoms with E-state index in [2.05, 4.69) is 28.7 Å². The summed E-state index contributed by atoms with van der Waals surface area (Å²) in [6.07, 6.45) is 6.09. The Balaban J connectivity index is 2.26. The second-order valence-corrected chi connectivity index (χ2v) is 3.83. The molecule has 0 aromatic carbocycles. The van der Waals surface area contributed by atoms with E-state index in [4.69, 9.17) is 4.74 Å². The number of nitrogens with one attached hydrogen (secondary N) is 1. The molecule has 0 atom stereocenters. The summed E-state index contributed by atoms with van der Waals surface area (Å²) in [6.45, 7) is 8.68. The molecule has 0 saturated carbocycles. The van der Waals surface area contributed by atoms with Crippen LogP contribution in [0.4, 0.5) is 0 Å². The Labute approximate surface area is 98.0 Å².